The van der Waals surface area contributed by atoms with E-state index in [4.69, 9.17) is 13.9 Å². The fourth-order valence-corrected chi connectivity index (χ4v) is 3.52. The minimum absolute atomic E-state index is 0. The molecule has 7 nitrogen and oxygen atoms in total. The van der Waals surface area contributed by atoms with E-state index in [0.717, 1.165) is 42.7 Å². The van der Waals surface area contributed by atoms with Crippen molar-refractivity contribution < 1.29 is 13.9 Å². The number of aliphatic imine (C=N–C) groups is 1. The maximum atomic E-state index is 5.87. The molecule has 2 heterocycles. The molecular formula is C22H33IN4O3. The lowest BCUT2D eigenvalue weighted by Crippen LogP contribution is -2.39. The Bertz CT molecular complexity index is 838. The molecule has 1 atom stereocenters. The number of ether oxygens (including phenoxy) is 2. The quantitative estimate of drug-likeness (QED) is 0.357. The van der Waals surface area contributed by atoms with Gasteiger partial charge in [0.2, 0.25) is 5.89 Å². The number of halogens is 1. The molecule has 166 valence electrons. The van der Waals surface area contributed by atoms with E-state index in [2.05, 4.69) is 53.1 Å². The van der Waals surface area contributed by atoms with Crippen LogP contribution in [0.5, 0.6) is 11.5 Å². The van der Waals surface area contributed by atoms with Crippen LogP contribution in [0.1, 0.15) is 50.3 Å². The van der Waals surface area contributed by atoms with Crippen molar-refractivity contribution in [1.82, 2.24) is 15.2 Å². The number of guanidine groups is 1. The number of benzene rings is 1. The lowest BCUT2D eigenvalue weighted by Gasteiger charge is -2.21. The third kappa shape index (κ3) is 5.80. The van der Waals surface area contributed by atoms with Crippen LogP contribution in [0.15, 0.2) is 33.8 Å². The molecular weight excluding hydrogens is 495 g/mol. The van der Waals surface area contributed by atoms with Gasteiger partial charge in [0.25, 0.3) is 0 Å². The Kier molecular flexibility index (Phi) is 8.40. The predicted octanol–water partition coefficient (Wildman–Crippen LogP) is 4.17. The van der Waals surface area contributed by atoms with Crippen molar-refractivity contribution >= 4 is 29.9 Å². The predicted molar refractivity (Wildman–Crippen MR) is 129 cm³/mol. The lowest BCUT2D eigenvalue weighted by molar-refractivity contribution is 0.377. The Morgan fingerprint density at radius 2 is 1.90 bits per heavy atom. The third-order valence-electron chi connectivity index (χ3n) is 5.24. The maximum absolute atomic E-state index is 5.87. The largest absolute Gasteiger partial charge is 0.497 e. The number of rotatable bonds is 5. The van der Waals surface area contributed by atoms with E-state index in [9.17, 15) is 0 Å². The summed E-state index contributed by atoms with van der Waals surface area (Å²) in [7, 11) is 5.17. The van der Waals surface area contributed by atoms with Crippen molar-refractivity contribution in [3.8, 4) is 11.5 Å². The molecule has 0 spiro atoms. The van der Waals surface area contributed by atoms with Crippen LogP contribution in [0.3, 0.4) is 0 Å². The van der Waals surface area contributed by atoms with Crippen molar-refractivity contribution in [3.63, 3.8) is 0 Å². The van der Waals surface area contributed by atoms with Crippen LogP contribution in [0, 0.1) is 0 Å². The van der Waals surface area contributed by atoms with Crippen LogP contribution in [-0.4, -0.2) is 50.2 Å². The Hall–Kier alpha value is -1.97. The summed E-state index contributed by atoms with van der Waals surface area (Å²) < 4.78 is 16.7. The van der Waals surface area contributed by atoms with Crippen molar-refractivity contribution in [2.75, 3.05) is 34.4 Å². The van der Waals surface area contributed by atoms with Gasteiger partial charge in [-0.1, -0.05) is 20.8 Å². The summed E-state index contributed by atoms with van der Waals surface area (Å²) in [4.78, 5) is 11.1. The van der Waals surface area contributed by atoms with E-state index < -0.39 is 0 Å². The second-order valence-electron chi connectivity index (χ2n) is 8.35. The molecule has 2 aromatic rings. The summed E-state index contributed by atoms with van der Waals surface area (Å²) >= 11 is 0. The van der Waals surface area contributed by atoms with E-state index in [1.54, 1.807) is 21.3 Å². The Morgan fingerprint density at radius 3 is 2.43 bits per heavy atom. The van der Waals surface area contributed by atoms with E-state index >= 15 is 0 Å². The molecule has 1 aliphatic rings. The zero-order valence-electron chi connectivity index (χ0n) is 18.7. The first-order valence-electron chi connectivity index (χ1n) is 9.97. The van der Waals surface area contributed by atoms with E-state index in [1.807, 2.05) is 12.3 Å². The Balaban J connectivity index is 0.00000320. The molecule has 3 rings (SSSR count). The van der Waals surface area contributed by atoms with Crippen LogP contribution in [0.25, 0.3) is 0 Å². The average Bonchev–Trinajstić information content (AvgIpc) is 3.38. The third-order valence-corrected chi connectivity index (χ3v) is 5.24. The summed E-state index contributed by atoms with van der Waals surface area (Å²) in [5, 5.41) is 3.38. The Labute approximate surface area is 196 Å². The van der Waals surface area contributed by atoms with Crippen molar-refractivity contribution in [2.24, 2.45) is 4.99 Å². The van der Waals surface area contributed by atoms with Gasteiger partial charge in [0.05, 0.1) is 27.0 Å². The van der Waals surface area contributed by atoms with Crippen molar-refractivity contribution in [2.45, 2.75) is 45.1 Å². The molecule has 0 amide bonds. The molecule has 1 N–H and O–H groups in total. The first-order chi connectivity index (χ1) is 13.8. The summed E-state index contributed by atoms with van der Waals surface area (Å²) in [6, 6.07) is 6.08. The molecule has 0 aliphatic carbocycles. The first-order valence-corrected chi connectivity index (χ1v) is 9.97. The number of methoxy groups -OCH3 is 2. The number of oxazole rings is 1. The summed E-state index contributed by atoms with van der Waals surface area (Å²) in [5.41, 5.74) is 1.18. The zero-order valence-corrected chi connectivity index (χ0v) is 21.0. The van der Waals surface area contributed by atoms with E-state index in [0.29, 0.717) is 18.4 Å². The molecule has 1 unspecified atom stereocenters. The van der Waals surface area contributed by atoms with Gasteiger partial charge in [0.15, 0.2) is 5.96 Å². The lowest BCUT2D eigenvalue weighted by atomic mass is 9.94. The number of likely N-dealkylation sites (tertiary alicyclic amines) is 1. The number of nitrogens with zero attached hydrogens (tertiary/aromatic N) is 3. The monoisotopic (exact) mass is 528 g/mol. The summed E-state index contributed by atoms with van der Waals surface area (Å²) in [6.07, 6.45) is 2.85. The molecule has 0 bridgehead atoms. The number of nitrogens with one attached hydrogen (secondary N) is 1. The van der Waals surface area contributed by atoms with Crippen molar-refractivity contribution in [3.05, 3.63) is 41.6 Å². The molecule has 8 heteroatoms. The number of hydrogen-bond donors (Lipinski definition) is 1. The normalized spacial score (nSPS) is 16.9. The molecule has 1 aromatic heterocycles. The second-order valence-corrected chi connectivity index (χ2v) is 8.35. The van der Waals surface area contributed by atoms with Gasteiger partial charge < -0.3 is 24.1 Å². The molecule has 1 saturated heterocycles. The van der Waals surface area contributed by atoms with Gasteiger partial charge in [-0.3, -0.25) is 4.99 Å². The van der Waals surface area contributed by atoms with Crippen LogP contribution >= 0.6 is 24.0 Å². The van der Waals surface area contributed by atoms with Gasteiger partial charge in [-0.25, -0.2) is 4.98 Å². The topological polar surface area (TPSA) is 72.1 Å². The minimum atomic E-state index is -0.0487. The average molecular weight is 528 g/mol. The second kappa shape index (κ2) is 10.4. The smallest absolute Gasteiger partial charge is 0.213 e. The molecule has 1 fully saturated rings. The maximum Gasteiger partial charge on any atom is 0.213 e. The molecule has 0 saturated carbocycles. The van der Waals surface area contributed by atoms with Gasteiger partial charge in [0.1, 0.15) is 17.3 Å². The van der Waals surface area contributed by atoms with Gasteiger partial charge in [-0.05, 0) is 24.1 Å². The van der Waals surface area contributed by atoms with Crippen LogP contribution in [-0.2, 0) is 12.0 Å². The Morgan fingerprint density at radius 1 is 1.23 bits per heavy atom. The molecule has 0 radical (unpaired) electrons. The zero-order chi connectivity index (χ0) is 21.0. The van der Waals surface area contributed by atoms with Crippen LogP contribution in [0.4, 0.5) is 0 Å². The summed E-state index contributed by atoms with van der Waals surface area (Å²) in [5.74, 6) is 4.45. The van der Waals surface area contributed by atoms with Crippen LogP contribution in [0.2, 0.25) is 0 Å². The highest BCUT2D eigenvalue weighted by Crippen LogP contribution is 2.33. The van der Waals surface area contributed by atoms with Crippen LogP contribution < -0.4 is 14.8 Å². The van der Waals surface area contributed by atoms with E-state index in [-0.39, 0.29) is 29.4 Å². The molecule has 30 heavy (non-hydrogen) atoms. The number of aromatic nitrogens is 1. The highest BCUT2D eigenvalue weighted by molar-refractivity contribution is 14.0. The minimum Gasteiger partial charge on any atom is -0.497 e. The fourth-order valence-electron chi connectivity index (χ4n) is 3.52. The standard InChI is InChI=1S/C22H32N4O3.HI/c1-22(2,3)19-12-24-20(29-19)13-25-21(23-4)26-8-7-15(14-26)16-9-17(27-5)11-18(10-16)28-6;/h9-12,15H,7-8,13-14H2,1-6H3,(H,23,25);1H. The van der Waals surface area contributed by atoms with Gasteiger partial charge in [-0.2, -0.15) is 0 Å². The van der Waals surface area contributed by atoms with Gasteiger partial charge in [0, 0.05) is 37.5 Å². The summed E-state index contributed by atoms with van der Waals surface area (Å²) in [6.45, 7) is 8.67. The highest BCUT2D eigenvalue weighted by atomic mass is 127. The highest BCUT2D eigenvalue weighted by Gasteiger charge is 2.27. The van der Waals surface area contributed by atoms with Gasteiger partial charge in [-0.15, -0.1) is 24.0 Å². The van der Waals surface area contributed by atoms with E-state index in [1.165, 1.54) is 5.56 Å². The SMILES string of the molecule is CN=C(NCc1ncc(C(C)(C)C)o1)N1CCC(c2cc(OC)cc(OC)c2)C1.I. The fraction of sp³-hybridized carbons (Fsp3) is 0.545. The van der Waals surface area contributed by atoms with Gasteiger partial charge >= 0.3 is 0 Å². The first kappa shape index (κ1) is 24.3. The van der Waals surface area contributed by atoms with Crippen molar-refractivity contribution in [1.29, 1.82) is 0 Å². The molecule has 1 aliphatic heterocycles. The molecule has 1 aromatic carbocycles. The number of hydrogen-bond acceptors (Lipinski definition) is 5.